The molecule has 1 saturated heterocycles. The van der Waals surface area contributed by atoms with Crippen molar-refractivity contribution in [2.75, 3.05) is 14.2 Å². The van der Waals surface area contributed by atoms with Gasteiger partial charge in [-0.25, -0.2) is 4.79 Å². The van der Waals surface area contributed by atoms with Gasteiger partial charge in [0.15, 0.2) is 16.7 Å². The Hall–Kier alpha value is -3.86. The quantitative estimate of drug-likeness (QED) is 0.267. The number of benzene rings is 2. The first kappa shape index (κ1) is 22.8. The van der Waals surface area contributed by atoms with Crippen LogP contribution >= 0.6 is 11.8 Å². The number of hydrogen-bond acceptors (Lipinski definition) is 9. The molecule has 32 heavy (non-hydrogen) atoms. The number of methoxy groups -OCH3 is 2. The summed E-state index contributed by atoms with van der Waals surface area (Å²) in [6.45, 7) is 0. The largest absolute Gasteiger partial charge is 0.497 e. The Kier molecular flexibility index (Phi) is 7.45. The van der Waals surface area contributed by atoms with Crippen LogP contribution < -0.4 is 19.5 Å². The van der Waals surface area contributed by atoms with Crippen LogP contribution in [0, 0.1) is 0 Å². The Morgan fingerprint density at radius 1 is 1.12 bits per heavy atom. The molecule has 0 spiro atoms. The summed E-state index contributed by atoms with van der Waals surface area (Å²) < 4.78 is 15.8. The number of amides is 1. The smallest absolute Gasteiger partial charge is 0.343 e. The summed E-state index contributed by atoms with van der Waals surface area (Å²) in [5.41, 5.74) is 0.896. The molecule has 2 aromatic rings. The Balaban J connectivity index is 1.71. The SMILES string of the molecule is COc1ccc(C(=O)Oc2cc(/C=N\N=C3\NC(=O)[C@H](CC(=O)O)S3)ccc2OC)cc1. The number of thioether (sulfide) groups is 1. The molecule has 0 unspecified atom stereocenters. The highest BCUT2D eigenvalue weighted by Gasteiger charge is 2.32. The van der Waals surface area contributed by atoms with E-state index in [1.165, 1.54) is 20.4 Å². The van der Waals surface area contributed by atoms with Gasteiger partial charge in [-0.2, -0.15) is 5.10 Å². The van der Waals surface area contributed by atoms with Crippen LogP contribution in [-0.4, -0.2) is 53.8 Å². The second-order valence-corrected chi connectivity index (χ2v) is 7.56. The molecular weight excluding hydrogens is 438 g/mol. The number of hydrogen-bond donors (Lipinski definition) is 2. The van der Waals surface area contributed by atoms with Crippen LogP contribution in [0.15, 0.2) is 52.7 Å². The topological polar surface area (TPSA) is 136 Å². The van der Waals surface area contributed by atoms with Crippen molar-refractivity contribution in [3.05, 3.63) is 53.6 Å². The summed E-state index contributed by atoms with van der Waals surface area (Å²) >= 11 is 0.997. The zero-order valence-corrected chi connectivity index (χ0v) is 17.9. The highest BCUT2D eigenvalue weighted by Crippen LogP contribution is 2.29. The van der Waals surface area contributed by atoms with Crippen LogP contribution in [0.2, 0.25) is 0 Å². The molecule has 1 amide bonds. The van der Waals surface area contributed by atoms with Gasteiger partial charge >= 0.3 is 11.9 Å². The highest BCUT2D eigenvalue weighted by atomic mass is 32.2. The van der Waals surface area contributed by atoms with Gasteiger partial charge in [-0.3, -0.25) is 9.59 Å². The van der Waals surface area contributed by atoms with Gasteiger partial charge in [0.2, 0.25) is 5.91 Å². The lowest BCUT2D eigenvalue weighted by molar-refractivity contribution is -0.138. The fraction of sp³-hybridized carbons (Fsp3) is 0.190. The van der Waals surface area contributed by atoms with Gasteiger partial charge in [0.05, 0.1) is 32.4 Å². The molecule has 10 nitrogen and oxygen atoms in total. The molecule has 166 valence electrons. The summed E-state index contributed by atoms with van der Waals surface area (Å²) in [5.74, 6) is -0.916. The lowest BCUT2D eigenvalue weighted by Gasteiger charge is -2.10. The van der Waals surface area contributed by atoms with E-state index in [9.17, 15) is 14.4 Å². The maximum Gasteiger partial charge on any atom is 0.343 e. The normalized spacial score (nSPS) is 16.8. The first-order chi connectivity index (χ1) is 15.4. The predicted molar refractivity (Wildman–Crippen MR) is 118 cm³/mol. The molecule has 0 aliphatic carbocycles. The second kappa shape index (κ2) is 10.4. The fourth-order valence-electron chi connectivity index (χ4n) is 2.63. The number of carbonyl (C=O) groups is 3. The summed E-state index contributed by atoms with van der Waals surface area (Å²) in [5, 5.41) is 18.6. The standard InChI is InChI=1S/C21H19N3O7S/c1-29-14-6-4-13(5-7-14)20(28)31-16-9-12(3-8-15(16)30-2)11-22-24-21-23-19(27)17(32-21)10-18(25)26/h3-9,11,17H,10H2,1-2H3,(H,25,26)(H,23,24,27)/b22-11-/t17-/m0/s1. The first-order valence-electron chi connectivity index (χ1n) is 9.24. The number of aliphatic carboxylic acids is 1. The summed E-state index contributed by atoms with van der Waals surface area (Å²) in [6, 6.07) is 11.3. The number of carboxylic acid groups (broad SMARTS) is 1. The molecule has 0 bridgehead atoms. The molecule has 2 aromatic carbocycles. The Labute approximate surface area is 187 Å². The number of rotatable bonds is 8. The lowest BCUT2D eigenvalue weighted by Crippen LogP contribution is -2.26. The molecule has 1 fully saturated rings. The van der Waals surface area contributed by atoms with E-state index in [2.05, 4.69) is 15.5 Å². The number of carboxylic acids is 1. The van der Waals surface area contributed by atoms with Crippen LogP contribution in [0.25, 0.3) is 0 Å². The van der Waals surface area contributed by atoms with Gasteiger partial charge in [0, 0.05) is 0 Å². The molecule has 0 saturated carbocycles. The number of esters is 1. The van der Waals surface area contributed by atoms with E-state index in [1.807, 2.05) is 0 Å². The van der Waals surface area contributed by atoms with Crippen molar-refractivity contribution in [3.63, 3.8) is 0 Å². The average Bonchev–Trinajstić information content (AvgIpc) is 3.12. The molecule has 3 rings (SSSR count). The molecule has 2 N–H and O–H groups in total. The zero-order chi connectivity index (χ0) is 23.1. The minimum Gasteiger partial charge on any atom is -0.497 e. The van der Waals surface area contributed by atoms with Crippen molar-refractivity contribution in [2.24, 2.45) is 10.2 Å². The predicted octanol–water partition coefficient (Wildman–Crippen LogP) is 2.32. The molecule has 1 aliphatic rings. The third-order valence-corrected chi connectivity index (χ3v) is 5.28. The molecule has 0 aromatic heterocycles. The first-order valence-corrected chi connectivity index (χ1v) is 10.1. The van der Waals surface area contributed by atoms with Crippen molar-refractivity contribution >= 4 is 41.0 Å². The van der Waals surface area contributed by atoms with Gasteiger partial charge in [-0.05, 0) is 48.0 Å². The molecule has 0 radical (unpaired) electrons. The number of nitrogens with zero attached hydrogens (tertiary/aromatic N) is 2. The van der Waals surface area contributed by atoms with Gasteiger partial charge in [-0.15, -0.1) is 5.10 Å². The number of ether oxygens (including phenoxy) is 3. The van der Waals surface area contributed by atoms with E-state index in [-0.39, 0.29) is 17.3 Å². The van der Waals surface area contributed by atoms with E-state index >= 15 is 0 Å². The monoisotopic (exact) mass is 457 g/mol. The third-order valence-electron chi connectivity index (χ3n) is 4.21. The molecule has 1 heterocycles. The van der Waals surface area contributed by atoms with Gasteiger partial charge < -0.3 is 24.6 Å². The van der Waals surface area contributed by atoms with Gasteiger partial charge in [0.1, 0.15) is 11.0 Å². The van der Waals surface area contributed by atoms with Crippen LogP contribution in [0.4, 0.5) is 0 Å². The van der Waals surface area contributed by atoms with E-state index in [0.717, 1.165) is 11.8 Å². The number of carbonyl (C=O) groups excluding carboxylic acids is 2. The van der Waals surface area contributed by atoms with E-state index in [0.29, 0.717) is 22.6 Å². The molecule has 1 atom stereocenters. The minimum atomic E-state index is -1.07. The van der Waals surface area contributed by atoms with Gasteiger partial charge in [-0.1, -0.05) is 11.8 Å². The van der Waals surface area contributed by atoms with E-state index in [4.69, 9.17) is 19.3 Å². The van der Waals surface area contributed by atoms with Crippen molar-refractivity contribution in [2.45, 2.75) is 11.7 Å². The van der Waals surface area contributed by atoms with Crippen LogP contribution in [-0.2, 0) is 9.59 Å². The average molecular weight is 457 g/mol. The highest BCUT2D eigenvalue weighted by molar-refractivity contribution is 8.15. The van der Waals surface area contributed by atoms with Crippen LogP contribution in [0.1, 0.15) is 22.3 Å². The second-order valence-electron chi connectivity index (χ2n) is 6.37. The molecule has 1 aliphatic heterocycles. The maximum atomic E-state index is 12.5. The van der Waals surface area contributed by atoms with Gasteiger partial charge in [0.25, 0.3) is 0 Å². The van der Waals surface area contributed by atoms with Crippen LogP contribution in [0.5, 0.6) is 17.2 Å². The van der Waals surface area contributed by atoms with Crippen molar-refractivity contribution in [3.8, 4) is 17.2 Å². The lowest BCUT2D eigenvalue weighted by atomic mass is 10.2. The van der Waals surface area contributed by atoms with E-state index < -0.39 is 23.1 Å². The Bertz CT molecular complexity index is 1080. The molecular formula is C21H19N3O7S. The van der Waals surface area contributed by atoms with E-state index in [1.54, 1.807) is 42.5 Å². The van der Waals surface area contributed by atoms with Crippen molar-refractivity contribution in [1.82, 2.24) is 5.32 Å². The third kappa shape index (κ3) is 5.85. The zero-order valence-electron chi connectivity index (χ0n) is 17.1. The Morgan fingerprint density at radius 2 is 1.88 bits per heavy atom. The Morgan fingerprint density at radius 3 is 2.53 bits per heavy atom. The minimum absolute atomic E-state index is 0.190. The summed E-state index contributed by atoms with van der Waals surface area (Å²) in [4.78, 5) is 35.0. The number of amidine groups is 1. The summed E-state index contributed by atoms with van der Waals surface area (Å²) in [7, 11) is 2.98. The molecule has 11 heteroatoms. The van der Waals surface area contributed by atoms with Crippen molar-refractivity contribution < 1.29 is 33.7 Å². The maximum absolute atomic E-state index is 12.5. The van der Waals surface area contributed by atoms with Crippen molar-refractivity contribution in [1.29, 1.82) is 0 Å². The fourth-order valence-corrected chi connectivity index (χ4v) is 3.55. The van der Waals surface area contributed by atoms with Crippen LogP contribution in [0.3, 0.4) is 0 Å². The summed E-state index contributed by atoms with van der Waals surface area (Å²) in [6.07, 6.45) is 1.09. The number of nitrogens with one attached hydrogen (secondary N) is 1.